The maximum absolute atomic E-state index is 12.0. The Hall–Kier alpha value is -1.50. The van der Waals surface area contributed by atoms with Crippen LogP contribution in [-0.2, 0) is 7.05 Å². The summed E-state index contributed by atoms with van der Waals surface area (Å²) in [5.74, 6) is 0.863. The molecule has 0 fully saturated rings. The molecule has 2 rings (SSSR count). The van der Waals surface area contributed by atoms with E-state index in [9.17, 15) is 9.59 Å². The number of nitrogens with one attached hydrogen (secondary N) is 1. The first-order valence-electron chi connectivity index (χ1n) is 5.81. The number of imidazole rings is 1. The van der Waals surface area contributed by atoms with Gasteiger partial charge in [0, 0.05) is 13.1 Å². The first-order valence-corrected chi connectivity index (χ1v) is 6.80. The van der Waals surface area contributed by atoms with Crippen molar-refractivity contribution in [3.8, 4) is 0 Å². The lowest BCUT2D eigenvalue weighted by Crippen LogP contribution is -2.29. The van der Waals surface area contributed by atoms with E-state index < -0.39 is 5.69 Å². The van der Waals surface area contributed by atoms with Crippen LogP contribution in [0, 0.1) is 0 Å². The highest BCUT2D eigenvalue weighted by Gasteiger charge is 2.18. The normalized spacial score (nSPS) is 11.6. The van der Waals surface area contributed by atoms with Crippen LogP contribution >= 0.6 is 11.8 Å². The number of rotatable bonds is 3. The van der Waals surface area contributed by atoms with Gasteiger partial charge in [0.1, 0.15) is 0 Å². The molecule has 0 atom stereocenters. The fourth-order valence-electron chi connectivity index (χ4n) is 1.89. The third-order valence-corrected chi connectivity index (χ3v) is 3.54. The third-order valence-electron chi connectivity index (χ3n) is 2.71. The first kappa shape index (κ1) is 12.9. The number of thioether (sulfide) groups is 1. The summed E-state index contributed by atoms with van der Waals surface area (Å²) in [6.45, 7) is 6.01. The van der Waals surface area contributed by atoms with Gasteiger partial charge in [0.05, 0.1) is 0 Å². The number of hydrogen-bond donors (Lipinski definition) is 1. The number of fused-ring (bicyclic) bond motifs is 1. The molecule has 1 N–H and O–H groups in total. The maximum atomic E-state index is 12.0. The minimum absolute atomic E-state index is 0.114. The number of aromatic nitrogens is 4. The lowest BCUT2D eigenvalue weighted by molar-refractivity contribution is 0.565. The van der Waals surface area contributed by atoms with Crippen LogP contribution in [0.2, 0.25) is 0 Å². The van der Waals surface area contributed by atoms with Gasteiger partial charge in [-0.2, -0.15) is 0 Å². The summed E-state index contributed by atoms with van der Waals surface area (Å²) in [4.78, 5) is 30.2. The molecular weight excluding hydrogens is 252 g/mol. The Labute approximate surface area is 108 Å². The van der Waals surface area contributed by atoms with E-state index in [0.29, 0.717) is 11.2 Å². The molecule has 0 radical (unpaired) electrons. The zero-order valence-corrected chi connectivity index (χ0v) is 11.7. The Bertz CT molecular complexity index is 695. The van der Waals surface area contributed by atoms with E-state index in [1.807, 2.05) is 25.3 Å². The topological polar surface area (TPSA) is 72.7 Å². The van der Waals surface area contributed by atoms with Crippen LogP contribution in [0.5, 0.6) is 0 Å². The van der Waals surface area contributed by atoms with Crippen LogP contribution in [-0.4, -0.2) is 24.9 Å². The van der Waals surface area contributed by atoms with Gasteiger partial charge in [-0.15, -0.1) is 0 Å². The molecule has 2 aromatic heterocycles. The number of hydrogen-bond acceptors (Lipinski definition) is 4. The lowest BCUT2D eigenvalue weighted by atomic mass is 10.4. The van der Waals surface area contributed by atoms with Crippen molar-refractivity contribution in [2.24, 2.45) is 7.05 Å². The second-order valence-electron chi connectivity index (χ2n) is 4.28. The van der Waals surface area contributed by atoms with Crippen LogP contribution in [0.4, 0.5) is 0 Å². The fourth-order valence-corrected chi connectivity index (χ4v) is 2.74. The molecule has 0 spiro atoms. The summed E-state index contributed by atoms with van der Waals surface area (Å²) in [7, 11) is 1.61. The number of aryl methyl sites for hydroxylation is 1. The van der Waals surface area contributed by atoms with Crippen molar-refractivity contribution in [1.82, 2.24) is 19.1 Å². The van der Waals surface area contributed by atoms with Crippen molar-refractivity contribution < 1.29 is 0 Å². The third kappa shape index (κ3) is 1.88. The largest absolute Gasteiger partial charge is 0.329 e. The molecule has 6 nitrogen and oxygen atoms in total. The minimum atomic E-state index is -0.436. The molecule has 0 aliphatic rings. The highest BCUT2D eigenvalue weighted by atomic mass is 32.2. The average Bonchev–Trinajstić information content (AvgIpc) is 2.66. The van der Waals surface area contributed by atoms with Gasteiger partial charge in [0.2, 0.25) is 0 Å². The number of nitrogens with zero attached hydrogens (tertiary/aromatic N) is 3. The Kier molecular flexibility index (Phi) is 3.34. The number of aromatic amines is 1. The maximum Gasteiger partial charge on any atom is 0.329 e. The monoisotopic (exact) mass is 268 g/mol. The summed E-state index contributed by atoms with van der Waals surface area (Å²) in [5, 5.41) is 0.772. The molecule has 0 aromatic carbocycles. The Morgan fingerprint density at radius 1 is 1.39 bits per heavy atom. The lowest BCUT2D eigenvalue weighted by Gasteiger charge is -2.11. The summed E-state index contributed by atoms with van der Waals surface area (Å²) in [5.41, 5.74) is 0.0858. The van der Waals surface area contributed by atoms with Gasteiger partial charge >= 0.3 is 5.69 Å². The van der Waals surface area contributed by atoms with Gasteiger partial charge in [-0.1, -0.05) is 18.7 Å². The predicted octanol–water partition coefficient (Wildman–Crippen LogP) is 1.12. The summed E-state index contributed by atoms with van der Waals surface area (Å²) in [6.07, 6.45) is 0. The van der Waals surface area contributed by atoms with Gasteiger partial charge in [-0.25, -0.2) is 9.78 Å². The smallest absolute Gasteiger partial charge is 0.311 e. The molecule has 0 unspecified atom stereocenters. The molecule has 0 bridgehead atoms. The van der Waals surface area contributed by atoms with E-state index in [-0.39, 0.29) is 11.6 Å². The Morgan fingerprint density at radius 3 is 2.61 bits per heavy atom. The summed E-state index contributed by atoms with van der Waals surface area (Å²) < 4.78 is 3.25. The van der Waals surface area contributed by atoms with E-state index in [1.54, 1.807) is 18.8 Å². The summed E-state index contributed by atoms with van der Waals surface area (Å²) in [6, 6.07) is 0.114. The molecule has 0 aliphatic heterocycles. The second kappa shape index (κ2) is 4.64. The molecule has 0 saturated carbocycles. The minimum Gasteiger partial charge on any atom is -0.311 e. The Balaban J connectivity index is 2.94. The van der Waals surface area contributed by atoms with Crippen molar-refractivity contribution in [2.75, 3.05) is 5.75 Å². The first-order chi connectivity index (χ1) is 8.47. The van der Waals surface area contributed by atoms with E-state index in [0.717, 1.165) is 10.9 Å². The van der Waals surface area contributed by atoms with Crippen molar-refractivity contribution in [3.63, 3.8) is 0 Å². The molecular formula is C11H16N4O2S. The number of H-pyrrole nitrogens is 1. The van der Waals surface area contributed by atoms with Gasteiger partial charge in [-0.05, 0) is 19.6 Å². The molecule has 98 valence electrons. The highest BCUT2D eigenvalue weighted by Crippen LogP contribution is 2.24. The molecule has 18 heavy (non-hydrogen) atoms. The Morgan fingerprint density at radius 2 is 2.06 bits per heavy atom. The average molecular weight is 268 g/mol. The SMILES string of the molecule is CCSc1nc2c(c(=O)[nH]c(=O)n2C)n1C(C)C. The van der Waals surface area contributed by atoms with Gasteiger partial charge in [0.15, 0.2) is 16.3 Å². The molecule has 2 aromatic rings. The van der Waals surface area contributed by atoms with Crippen LogP contribution in [0.1, 0.15) is 26.8 Å². The zero-order chi connectivity index (χ0) is 13.4. The van der Waals surface area contributed by atoms with E-state index >= 15 is 0 Å². The summed E-state index contributed by atoms with van der Waals surface area (Å²) >= 11 is 1.56. The van der Waals surface area contributed by atoms with Crippen LogP contribution < -0.4 is 11.2 Å². The standard InChI is InChI=1S/C11H16N4O2S/c1-5-18-11-12-8-7(15(11)6(2)3)9(16)13-10(17)14(8)4/h6H,5H2,1-4H3,(H,13,16,17). The molecule has 0 amide bonds. The molecule has 2 heterocycles. The van der Waals surface area contributed by atoms with Gasteiger partial charge in [-0.3, -0.25) is 14.3 Å². The van der Waals surface area contributed by atoms with Crippen LogP contribution in [0.3, 0.4) is 0 Å². The van der Waals surface area contributed by atoms with Crippen molar-refractivity contribution in [2.45, 2.75) is 32.0 Å². The van der Waals surface area contributed by atoms with Gasteiger partial charge < -0.3 is 4.57 Å². The van der Waals surface area contributed by atoms with E-state index in [2.05, 4.69) is 9.97 Å². The molecule has 0 aliphatic carbocycles. The fraction of sp³-hybridized carbons (Fsp3) is 0.545. The van der Waals surface area contributed by atoms with Crippen LogP contribution in [0.15, 0.2) is 14.7 Å². The van der Waals surface area contributed by atoms with E-state index in [4.69, 9.17) is 0 Å². The molecule has 0 saturated heterocycles. The van der Waals surface area contributed by atoms with Crippen molar-refractivity contribution >= 4 is 22.9 Å². The van der Waals surface area contributed by atoms with Crippen molar-refractivity contribution in [3.05, 3.63) is 20.8 Å². The van der Waals surface area contributed by atoms with E-state index in [1.165, 1.54) is 4.57 Å². The molecule has 7 heteroatoms. The van der Waals surface area contributed by atoms with Crippen molar-refractivity contribution in [1.29, 1.82) is 0 Å². The predicted molar refractivity (Wildman–Crippen MR) is 72.4 cm³/mol. The van der Waals surface area contributed by atoms with Crippen LogP contribution in [0.25, 0.3) is 11.2 Å². The second-order valence-corrected chi connectivity index (χ2v) is 5.51. The quantitative estimate of drug-likeness (QED) is 0.847. The van der Waals surface area contributed by atoms with Gasteiger partial charge in [0.25, 0.3) is 5.56 Å². The zero-order valence-electron chi connectivity index (χ0n) is 10.9. The highest BCUT2D eigenvalue weighted by molar-refractivity contribution is 7.99.